The zero-order valence-corrected chi connectivity index (χ0v) is 9.39. The summed E-state index contributed by atoms with van der Waals surface area (Å²) < 4.78 is 1.18. The van der Waals surface area contributed by atoms with Gasteiger partial charge in [-0.15, -0.1) is 0 Å². The Labute approximate surface area is 95.0 Å². The second kappa shape index (κ2) is 4.94. The molecular weight excluding hydrogens is 238 g/mol. The lowest BCUT2D eigenvalue weighted by atomic mass is 9.92. The third-order valence-electron chi connectivity index (χ3n) is 2.68. The van der Waals surface area contributed by atoms with Gasteiger partial charge < -0.3 is 5.32 Å². The summed E-state index contributed by atoms with van der Waals surface area (Å²) >= 11 is 3.48. The van der Waals surface area contributed by atoms with E-state index in [1.54, 1.807) is 0 Å². The first-order valence-corrected chi connectivity index (χ1v) is 5.51. The SMILES string of the molecule is C.Cc1cc(Br)ccc1CC1CNC1. The molecule has 1 aliphatic heterocycles. The van der Waals surface area contributed by atoms with Gasteiger partial charge in [-0.1, -0.05) is 29.4 Å². The minimum absolute atomic E-state index is 0. The van der Waals surface area contributed by atoms with E-state index >= 15 is 0 Å². The van der Waals surface area contributed by atoms with Crippen LogP contribution < -0.4 is 5.32 Å². The maximum atomic E-state index is 3.48. The molecule has 2 heteroatoms. The molecule has 1 heterocycles. The first kappa shape index (κ1) is 11.7. The summed E-state index contributed by atoms with van der Waals surface area (Å²) in [7, 11) is 0. The number of aryl methyl sites for hydroxylation is 1. The number of rotatable bonds is 2. The summed E-state index contributed by atoms with van der Waals surface area (Å²) in [6, 6.07) is 6.56. The van der Waals surface area contributed by atoms with Crippen LogP contribution in [-0.2, 0) is 6.42 Å². The molecular formula is C12H18BrN. The van der Waals surface area contributed by atoms with Crippen molar-refractivity contribution < 1.29 is 0 Å². The molecule has 1 nitrogen and oxygen atoms in total. The van der Waals surface area contributed by atoms with Crippen LogP contribution >= 0.6 is 15.9 Å². The predicted octanol–water partition coefficient (Wildman–Crippen LogP) is 3.16. The standard InChI is InChI=1S/C11H14BrN.CH4/c1-8-4-11(12)3-2-10(8)5-9-6-13-7-9;/h2-4,9,13H,5-7H2,1H3;1H4. The second-order valence-corrected chi connectivity index (χ2v) is 4.71. The molecule has 0 atom stereocenters. The van der Waals surface area contributed by atoms with Gasteiger partial charge in [-0.2, -0.15) is 0 Å². The fourth-order valence-electron chi connectivity index (χ4n) is 1.69. The van der Waals surface area contributed by atoms with Crippen molar-refractivity contribution in [3.8, 4) is 0 Å². The van der Waals surface area contributed by atoms with Gasteiger partial charge in [0.25, 0.3) is 0 Å². The van der Waals surface area contributed by atoms with Gasteiger partial charge in [0.05, 0.1) is 0 Å². The van der Waals surface area contributed by atoms with Crippen molar-refractivity contribution in [3.63, 3.8) is 0 Å². The van der Waals surface area contributed by atoms with Gasteiger partial charge in [-0.05, 0) is 55.6 Å². The van der Waals surface area contributed by atoms with Crippen molar-refractivity contribution >= 4 is 15.9 Å². The molecule has 78 valence electrons. The van der Waals surface area contributed by atoms with E-state index in [1.807, 2.05) is 0 Å². The smallest absolute Gasteiger partial charge is 0.0178 e. The average molecular weight is 256 g/mol. The highest BCUT2D eigenvalue weighted by Gasteiger charge is 2.17. The van der Waals surface area contributed by atoms with E-state index in [4.69, 9.17) is 0 Å². The van der Waals surface area contributed by atoms with Crippen LogP contribution in [0.25, 0.3) is 0 Å². The molecule has 2 rings (SSSR count). The third-order valence-corrected chi connectivity index (χ3v) is 3.17. The molecule has 0 saturated carbocycles. The van der Waals surface area contributed by atoms with Gasteiger partial charge in [-0.3, -0.25) is 0 Å². The molecule has 14 heavy (non-hydrogen) atoms. The van der Waals surface area contributed by atoms with Crippen LogP contribution in [0.2, 0.25) is 0 Å². The van der Waals surface area contributed by atoms with E-state index in [0.717, 1.165) is 5.92 Å². The molecule has 1 fully saturated rings. The number of hydrogen-bond acceptors (Lipinski definition) is 1. The van der Waals surface area contributed by atoms with Crippen molar-refractivity contribution in [3.05, 3.63) is 33.8 Å². The van der Waals surface area contributed by atoms with Crippen molar-refractivity contribution in [2.75, 3.05) is 13.1 Å². The first-order valence-electron chi connectivity index (χ1n) is 4.71. The van der Waals surface area contributed by atoms with Gasteiger partial charge in [0.2, 0.25) is 0 Å². The van der Waals surface area contributed by atoms with Crippen molar-refractivity contribution in [1.82, 2.24) is 5.32 Å². The number of benzene rings is 1. The maximum Gasteiger partial charge on any atom is 0.0178 e. The van der Waals surface area contributed by atoms with E-state index in [-0.39, 0.29) is 7.43 Å². The summed E-state index contributed by atoms with van der Waals surface area (Å²) in [4.78, 5) is 0. The number of halogens is 1. The Kier molecular flexibility index (Phi) is 4.14. The summed E-state index contributed by atoms with van der Waals surface area (Å²) in [5.41, 5.74) is 2.90. The van der Waals surface area contributed by atoms with Crippen molar-refractivity contribution in [2.24, 2.45) is 5.92 Å². The van der Waals surface area contributed by atoms with Crippen molar-refractivity contribution in [1.29, 1.82) is 0 Å². The highest BCUT2D eigenvalue weighted by atomic mass is 79.9. The summed E-state index contributed by atoms with van der Waals surface area (Å²) in [6.45, 7) is 4.57. The molecule has 1 saturated heterocycles. The third kappa shape index (κ3) is 2.58. The van der Waals surface area contributed by atoms with Crippen molar-refractivity contribution in [2.45, 2.75) is 20.8 Å². The van der Waals surface area contributed by atoms with Crippen LogP contribution in [0.1, 0.15) is 18.6 Å². The van der Waals surface area contributed by atoms with Gasteiger partial charge in [0.1, 0.15) is 0 Å². The summed E-state index contributed by atoms with van der Waals surface area (Å²) in [5, 5.41) is 3.30. The highest BCUT2D eigenvalue weighted by Crippen LogP contribution is 2.19. The van der Waals surface area contributed by atoms with Crippen LogP contribution in [-0.4, -0.2) is 13.1 Å². The van der Waals surface area contributed by atoms with Crippen LogP contribution in [0.15, 0.2) is 22.7 Å². The Morgan fingerprint density at radius 3 is 2.64 bits per heavy atom. The van der Waals surface area contributed by atoms with Crippen LogP contribution in [0.5, 0.6) is 0 Å². The van der Waals surface area contributed by atoms with Gasteiger partial charge in [0.15, 0.2) is 0 Å². The fourth-order valence-corrected chi connectivity index (χ4v) is 2.17. The van der Waals surface area contributed by atoms with Gasteiger partial charge in [0, 0.05) is 4.47 Å². The molecule has 0 amide bonds. The zero-order valence-electron chi connectivity index (χ0n) is 7.81. The fraction of sp³-hybridized carbons (Fsp3) is 0.500. The Balaban J connectivity index is 0.000000980. The maximum absolute atomic E-state index is 3.48. The molecule has 0 aliphatic carbocycles. The summed E-state index contributed by atoms with van der Waals surface area (Å²) in [6.07, 6.45) is 1.23. The Morgan fingerprint density at radius 1 is 1.43 bits per heavy atom. The molecule has 1 aromatic rings. The molecule has 1 aliphatic rings. The largest absolute Gasteiger partial charge is 0.316 e. The Hall–Kier alpha value is -0.340. The normalized spacial score (nSPS) is 15.9. The molecule has 0 aromatic heterocycles. The zero-order chi connectivity index (χ0) is 9.26. The molecule has 1 aromatic carbocycles. The number of nitrogens with one attached hydrogen (secondary N) is 1. The minimum atomic E-state index is 0. The Morgan fingerprint density at radius 2 is 2.14 bits per heavy atom. The van der Waals surface area contributed by atoms with Gasteiger partial charge >= 0.3 is 0 Å². The molecule has 0 bridgehead atoms. The van der Waals surface area contributed by atoms with E-state index in [1.165, 1.54) is 35.1 Å². The van der Waals surface area contributed by atoms with E-state index < -0.39 is 0 Å². The average Bonchev–Trinajstić information content (AvgIpc) is 1.99. The second-order valence-electron chi connectivity index (χ2n) is 3.80. The molecule has 0 radical (unpaired) electrons. The quantitative estimate of drug-likeness (QED) is 0.857. The molecule has 1 N–H and O–H groups in total. The topological polar surface area (TPSA) is 12.0 Å². The van der Waals surface area contributed by atoms with Crippen LogP contribution in [0.4, 0.5) is 0 Å². The van der Waals surface area contributed by atoms with E-state index in [2.05, 4.69) is 46.4 Å². The monoisotopic (exact) mass is 255 g/mol. The minimum Gasteiger partial charge on any atom is -0.316 e. The lowest BCUT2D eigenvalue weighted by Gasteiger charge is -2.27. The van der Waals surface area contributed by atoms with E-state index in [9.17, 15) is 0 Å². The summed E-state index contributed by atoms with van der Waals surface area (Å²) in [5.74, 6) is 0.861. The van der Waals surface area contributed by atoms with E-state index in [0.29, 0.717) is 0 Å². The Bertz CT molecular complexity index is 305. The number of hydrogen-bond donors (Lipinski definition) is 1. The molecule has 0 unspecified atom stereocenters. The lowest BCUT2D eigenvalue weighted by molar-refractivity contribution is 0.346. The molecule has 0 spiro atoms. The highest BCUT2D eigenvalue weighted by molar-refractivity contribution is 9.10. The lowest BCUT2D eigenvalue weighted by Crippen LogP contribution is -2.43. The predicted molar refractivity (Wildman–Crippen MR) is 65.7 cm³/mol. The van der Waals surface area contributed by atoms with Crippen LogP contribution in [0, 0.1) is 12.8 Å². The van der Waals surface area contributed by atoms with Gasteiger partial charge in [-0.25, -0.2) is 0 Å². The van der Waals surface area contributed by atoms with Crippen LogP contribution in [0.3, 0.4) is 0 Å². The first-order chi connectivity index (χ1) is 6.25.